The molecule has 0 heterocycles. The van der Waals surface area contributed by atoms with Gasteiger partial charge in [0, 0.05) is 16.6 Å². The number of nitrogens with zero attached hydrogens (tertiary/aromatic N) is 2. The fourth-order valence-corrected chi connectivity index (χ4v) is 1.84. The van der Waals surface area contributed by atoms with Gasteiger partial charge in [-0.1, -0.05) is 15.9 Å². The highest BCUT2D eigenvalue weighted by Gasteiger charge is 2.03. The molecule has 118 valence electrons. The lowest BCUT2D eigenvalue weighted by molar-refractivity contribution is -0.384. The number of hydrogen-bond acceptors (Lipinski definition) is 5. The fraction of sp³-hybridized carbons (Fsp3) is 0.0667. The number of carbonyl (C=O) groups excluding carboxylic acids is 1. The van der Waals surface area contributed by atoms with E-state index in [0.29, 0.717) is 11.3 Å². The molecule has 23 heavy (non-hydrogen) atoms. The van der Waals surface area contributed by atoms with Crippen molar-refractivity contribution < 1.29 is 14.5 Å². The largest absolute Gasteiger partial charge is 0.484 e. The third-order valence-corrected chi connectivity index (χ3v) is 3.22. The van der Waals surface area contributed by atoms with Crippen LogP contribution < -0.4 is 10.2 Å². The minimum atomic E-state index is -0.484. The first-order valence-electron chi connectivity index (χ1n) is 6.49. The minimum Gasteiger partial charge on any atom is -0.484 e. The van der Waals surface area contributed by atoms with Crippen LogP contribution in [0.2, 0.25) is 0 Å². The van der Waals surface area contributed by atoms with Crippen molar-refractivity contribution in [3.8, 4) is 5.75 Å². The van der Waals surface area contributed by atoms with Crippen LogP contribution >= 0.6 is 15.9 Å². The number of nitro benzene ring substituents is 1. The predicted molar refractivity (Wildman–Crippen MR) is 88.5 cm³/mol. The summed E-state index contributed by atoms with van der Waals surface area (Å²) in [5.74, 6) is 0.161. The Morgan fingerprint density at radius 3 is 2.48 bits per heavy atom. The lowest BCUT2D eigenvalue weighted by Gasteiger charge is -2.04. The average molecular weight is 378 g/mol. The van der Waals surface area contributed by atoms with Crippen LogP contribution in [-0.4, -0.2) is 23.7 Å². The van der Waals surface area contributed by atoms with E-state index in [1.165, 1.54) is 30.5 Å². The Kier molecular flexibility index (Phi) is 5.81. The smallest absolute Gasteiger partial charge is 0.277 e. The van der Waals surface area contributed by atoms with Crippen LogP contribution in [0.5, 0.6) is 5.75 Å². The zero-order valence-electron chi connectivity index (χ0n) is 11.8. The minimum absolute atomic E-state index is 0.00548. The quantitative estimate of drug-likeness (QED) is 0.475. The van der Waals surface area contributed by atoms with Gasteiger partial charge >= 0.3 is 0 Å². The van der Waals surface area contributed by atoms with Gasteiger partial charge < -0.3 is 4.74 Å². The summed E-state index contributed by atoms with van der Waals surface area (Å²) in [5.41, 5.74) is 2.94. The number of rotatable bonds is 6. The van der Waals surface area contributed by atoms with Crippen LogP contribution in [0.3, 0.4) is 0 Å². The zero-order valence-corrected chi connectivity index (χ0v) is 13.4. The van der Waals surface area contributed by atoms with E-state index in [9.17, 15) is 14.9 Å². The molecule has 0 bridgehead atoms. The molecule has 1 N–H and O–H groups in total. The van der Waals surface area contributed by atoms with E-state index >= 15 is 0 Å². The van der Waals surface area contributed by atoms with E-state index < -0.39 is 10.8 Å². The Morgan fingerprint density at radius 1 is 1.22 bits per heavy atom. The van der Waals surface area contributed by atoms with E-state index in [2.05, 4.69) is 26.5 Å². The third kappa shape index (κ3) is 5.51. The van der Waals surface area contributed by atoms with Crippen molar-refractivity contribution in [1.82, 2.24) is 5.43 Å². The summed E-state index contributed by atoms with van der Waals surface area (Å²) in [7, 11) is 0. The Labute approximate surface area is 140 Å². The highest BCUT2D eigenvalue weighted by Crippen LogP contribution is 2.15. The molecule has 2 aromatic rings. The first-order valence-corrected chi connectivity index (χ1v) is 7.28. The van der Waals surface area contributed by atoms with E-state index in [1.54, 1.807) is 24.3 Å². The molecule has 1 amide bonds. The standard InChI is InChI=1S/C15H12BrN3O4/c16-12-3-7-14(8-4-12)23-10-15(20)18-17-9-11-1-5-13(6-2-11)19(21)22/h1-9H,10H2,(H,18,20)/b17-9-. The molecule has 0 aliphatic heterocycles. The Morgan fingerprint density at radius 2 is 1.87 bits per heavy atom. The molecule has 0 fully saturated rings. The molecular formula is C15H12BrN3O4. The van der Waals surface area contributed by atoms with E-state index in [4.69, 9.17) is 4.74 Å². The number of non-ortho nitro benzene ring substituents is 1. The summed E-state index contributed by atoms with van der Waals surface area (Å²) in [6.45, 7) is -0.167. The van der Waals surface area contributed by atoms with Gasteiger partial charge in [-0.3, -0.25) is 14.9 Å². The van der Waals surface area contributed by atoms with E-state index in [-0.39, 0.29) is 12.3 Å². The SMILES string of the molecule is O=C(COc1ccc(Br)cc1)N/N=C\c1ccc([N+](=O)[O-])cc1. The van der Waals surface area contributed by atoms with Gasteiger partial charge in [0.1, 0.15) is 5.75 Å². The second-order valence-electron chi connectivity index (χ2n) is 4.38. The predicted octanol–water partition coefficient (Wildman–Crippen LogP) is 2.89. The highest BCUT2D eigenvalue weighted by atomic mass is 79.9. The number of halogens is 1. The summed E-state index contributed by atoms with van der Waals surface area (Å²) in [6, 6.07) is 12.9. The van der Waals surface area contributed by atoms with Gasteiger partial charge in [-0.25, -0.2) is 5.43 Å². The van der Waals surface area contributed by atoms with Gasteiger partial charge in [-0.15, -0.1) is 0 Å². The molecule has 0 aliphatic carbocycles. The Bertz CT molecular complexity index is 715. The maximum atomic E-state index is 11.6. The molecule has 0 saturated heterocycles. The molecule has 0 radical (unpaired) electrons. The average Bonchev–Trinajstić information content (AvgIpc) is 2.55. The molecule has 2 rings (SSSR count). The molecule has 0 aliphatic rings. The number of ether oxygens (including phenoxy) is 1. The second-order valence-corrected chi connectivity index (χ2v) is 5.30. The fourth-order valence-electron chi connectivity index (χ4n) is 1.57. The van der Waals surface area contributed by atoms with Crippen molar-refractivity contribution >= 4 is 33.7 Å². The zero-order chi connectivity index (χ0) is 16.7. The van der Waals surface area contributed by atoms with Crippen LogP contribution in [0.15, 0.2) is 58.1 Å². The molecule has 0 spiro atoms. The molecule has 0 saturated carbocycles. The summed E-state index contributed by atoms with van der Waals surface area (Å²) >= 11 is 3.30. The summed E-state index contributed by atoms with van der Waals surface area (Å²) in [6.07, 6.45) is 1.39. The first-order chi connectivity index (χ1) is 11.0. The number of hydrazone groups is 1. The van der Waals surface area contributed by atoms with E-state index in [0.717, 1.165) is 4.47 Å². The maximum Gasteiger partial charge on any atom is 0.277 e. The van der Waals surface area contributed by atoms with Gasteiger partial charge in [-0.05, 0) is 42.0 Å². The summed E-state index contributed by atoms with van der Waals surface area (Å²) < 4.78 is 6.20. The normalized spacial score (nSPS) is 10.5. The van der Waals surface area contributed by atoms with Crippen molar-refractivity contribution in [3.05, 3.63) is 68.7 Å². The van der Waals surface area contributed by atoms with Crippen molar-refractivity contribution in [2.24, 2.45) is 5.10 Å². The van der Waals surface area contributed by atoms with E-state index in [1.807, 2.05) is 0 Å². The van der Waals surface area contributed by atoms with Crippen LogP contribution in [0.4, 0.5) is 5.69 Å². The number of nitro groups is 1. The Hall–Kier alpha value is -2.74. The number of amides is 1. The van der Waals surface area contributed by atoms with Crippen molar-refractivity contribution in [1.29, 1.82) is 0 Å². The molecule has 0 atom stereocenters. The first kappa shape index (κ1) is 16.6. The van der Waals surface area contributed by atoms with Crippen molar-refractivity contribution in [2.45, 2.75) is 0 Å². The molecule has 0 unspecified atom stereocenters. The molecule has 8 heteroatoms. The Balaban J connectivity index is 1.79. The highest BCUT2D eigenvalue weighted by molar-refractivity contribution is 9.10. The maximum absolute atomic E-state index is 11.6. The molecule has 0 aromatic heterocycles. The number of benzene rings is 2. The van der Waals surface area contributed by atoms with Crippen LogP contribution in [0, 0.1) is 10.1 Å². The second kappa shape index (κ2) is 8.04. The lowest BCUT2D eigenvalue weighted by Crippen LogP contribution is -2.24. The third-order valence-electron chi connectivity index (χ3n) is 2.69. The number of nitrogens with one attached hydrogen (secondary N) is 1. The van der Waals surface area contributed by atoms with Gasteiger partial charge in [0.05, 0.1) is 11.1 Å². The van der Waals surface area contributed by atoms with Gasteiger partial charge in [0.15, 0.2) is 6.61 Å². The number of hydrogen-bond donors (Lipinski definition) is 1. The molecular weight excluding hydrogens is 366 g/mol. The molecule has 2 aromatic carbocycles. The van der Waals surface area contributed by atoms with Crippen LogP contribution in [0.25, 0.3) is 0 Å². The monoisotopic (exact) mass is 377 g/mol. The summed E-state index contributed by atoms with van der Waals surface area (Å²) in [5, 5.41) is 14.3. The topological polar surface area (TPSA) is 93.8 Å². The van der Waals surface area contributed by atoms with Crippen molar-refractivity contribution in [3.63, 3.8) is 0 Å². The molecule has 7 nitrogen and oxygen atoms in total. The van der Waals surface area contributed by atoms with Gasteiger partial charge in [0.2, 0.25) is 0 Å². The summed E-state index contributed by atoms with van der Waals surface area (Å²) in [4.78, 5) is 21.6. The lowest BCUT2D eigenvalue weighted by atomic mass is 10.2. The van der Waals surface area contributed by atoms with Crippen molar-refractivity contribution in [2.75, 3.05) is 6.61 Å². The van der Waals surface area contributed by atoms with Gasteiger partial charge in [0.25, 0.3) is 11.6 Å². The van der Waals surface area contributed by atoms with Crippen LogP contribution in [0.1, 0.15) is 5.56 Å². The van der Waals surface area contributed by atoms with Gasteiger partial charge in [-0.2, -0.15) is 5.10 Å². The van der Waals surface area contributed by atoms with Crippen LogP contribution in [-0.2, 0) is 4.79 Å². The number of carbonyl (C=O) groups is 1.